The van der Waals surface area contributed by atoms with E-state index in [4.69, 9.17) is 19.4 Å². The molecule has 0 amide bonds. The summed E-state index contributed by atoms with van der Waals surface area (Å²) >= 11 is 3.65. The molecule has 1 unspecified atom stereocenters. The van der Waals surface area contributed by atoms with Crippen LogP contribution in [0.1, 0.15) is 67.8 Å². The molecule has 1 aromatic heterocycles. The summed E-state index contributed by atoms with van der Waals surface area (Å²) in [5.41, 5.74) is 3.09. The van der Waals surface area contributed by atoms with Crippen LogP contribution in [-0.4, -0.2) is 70.1 Å². The highest BCUT2D eigenvalue weighted by Gasteiger charge is 2.50. The minimum Gasteiger partial charge on any atom is -0.461 e. The summed E-state index contributed by atoms with van der Waals surface area (Å²) in [4.78, 5) is 14.3. The number of rotatable bonds is 4. The first-order valence-corrected chi connectivity index (χ1v) is 14.9. The second kappa shape index (κ2) is 9.11. The van der Waals surface area contributed by atoms with E-state index in [-0.39, 0.29) is 5.54 Å². The van der Waals surface area contributed by atoms with E-state index in [0.717, 1.165) is 73.2 Å². The topological polar surface area (TPSA) is 71.0 Å². The molecule has 1 aromatic carbocycles. The minimum atomic E-state index is -0.798. The lowest BCUT2D eigenvalue weighted by molar-refractivity contribution is -0.0731. The number of nitrogens with zero attached hydrogens (tertiary/aromatic N) is 4. The number of alkyl halides is 1. The SMILES string of the molecule is C[C@@]1(O)CCCN(c2nc(OC[C@@]34CCCN3C[C@H](F)C4)nc3c2COC2(CCc4ccc(Br)cc42)C3)C1. The lowest BCUT2D eigenvalue weighted by Gasteiger charge is -2.41. The number of aromatic nitrogens is 2. The maximum atomic E-state index is 14.4. The van der Waals surface area contributed by atoms with Gasteiger partial charge in [-0.05, 0) is 75.3 Å². The van der Waals surface area contributed by atoms with Crippen molar-refractivity contribution in [3.8, 4) is 6.01 Å². The van der Waals surface area contributed by atoms with E-state index >= 15 is 0 Å². The number of aliphatic hydroxyl groups is 1. The highest BCUT2D eigenvalue weighted by Crippen LogP contribution is 2.48. The van der Waals surface area contributed by atoms with Crippen molar-refractivity contribution in [3.05, 3.63) is 45.1 Å². The van der Waals surface area contributed by atoms with Crippen molar-refractivity contribution in [2.75, 3.05) is 37.7 Å². The van der Waals surface area contributed by atoms with Gasteiger partial charge in [0.2, 0.25) is 0 Å². The Morgan fingerprint density at radius 1 is 1.21 bits per heavy atom. The first kappa shape index (κ1) is 25.2. The molecule has 7 nitrogen and oxygen atoms in total. The molecule has 9 heteroatoms. The average Bonchev–Trinajstić information content (AvgIpc) is 3.52. The van der Waals surface area contributed by atoms with Gasteiger partial charge in [0.1, 0.15) is 18.6 Å². The molecule has 5 heterocycles. The van der Waals surface area contributed by atoms with Crippen molar-refractivity contribution < 1.29 is 19.0 Å². The number of hydrogen-bond donors (Lipinski definition) is 1. The third-order valence-electron chi connectivity index (χ3n) is 9.56. The molecule has 204 valence electrons. The van der Waals surface area contributed by atoms with Gasteiger partial charge in [0.25, 0.3) is 0 Å². The molecule has 3 saturated heterocycles. The third-order valence-corrected chi connectivity index (χ3v) is 10.1. The number of piperidine rings is 1. The third kappa shape index (κ3) is 4.25. The zero-order valence-corrected chi connectivity index (χ0v) is 23.6. The standard InChI is InChI=1S/C29H36BrFN4O3/c1-27(36)7-2-10-34(17-27)25-22-16-38-29(9-6-19-4-5-20(30)12-23(19)29)14-24(22)32-26(33-25)37-18-28-8-3-11-35(28)15-21(31)13-28/h4-5,12,21,36H,2-3,6-11,13-18H2,1H3/t21-,27-,28+,29?/m1/s1. The number of hydrogen-bond acceptors (Lipinski definition) is 7. The van der Waals surface area contributed by atoms with E-state index < -0.39 is 17.4 Å². The van der Waals surface area contributed by atoms with Gasteiger partial charge in [0.15, 0.2) is 0 Å². The molecule has 5 aliphatic rings. The highest BCUT2D eigenvalue weighted by atomic mass is 79.9. The van der Waals surface area contributed by atoms with Crippen LogP contribution in [0.3, 0.4) is 0 Å². The van der Waals surface area contributed by atoms with Crippen molar-refractivity contribution in [1.29, 1.82) is 0 Å². The van der Waals surface area contributed by atoms with Gasteiger partial charge < -0.3 is 19.5 Å². The zero-order chi connectivity index (χ0) is 26.1. The number of β-amino-alcohol motifs (C(OH)–C–C–N with tert-alkyl or cyclic N) is 1. The fourth-order valence-electron chi connectivity index (χ4n) is 7.69. The van der Waals surface area contributed by atoms with Gasteiger partial charge in [-0.1, -0.05) is 22.0 Å². The maximum absolute atomic E-state index is 14.4. The normalized spacial score (nSPS) is 34.4. The van der Waals surface area contributed by atoms with Crippen molar-refractivity contribution in [2.45, 2.75) is 87.8 Å². The summed E-state index contributed by atoms with van der Waals surface area (Å²) in [6, 6.07) is 6.84. The van der Waals surface area contributed by atoms with E-state index in [2.05, 4.69) is 43.9 Å². The molecule has 0 radical (unpaired) electrons. The fraction of sp³-hybridized carbons (Fsp3) is 0.655. The molecule has 4 aliphatic heterocycles. The fourth-order valence-corrected chi connectivity index (χ4v) is 8.05. The number of anilines is 1. The summed E-state index contributed by atoms with van der Waals surface area (Å²) in [5, 5.41) is 10.9. The predicted molar refractivity (Wildman–Crippen MR) is 145 cm³/mol. The van der Waals surface area contributed by atoms with E-state index in [1.165, 1.54) is 11.1 Å². The Labute approximate surface area is 231 Å². The van der Waals surface area contributed by atoms with Crippen LogP contribution in [0.4, 0.5) is 10.2 Å². The molecule has 1 spiro atoms. The van der Waals surface area contributed by atoms with Gasteiger partial charge in [-0.25, -0.2) is 4.39 Å². The molecule has 38 heavy (non-hydrogen) atoms. The quantitative estimate of drug-likeness (QED) is 0.567. The Morgan fingerprint density at radius 3 is 2.95 bits per heavy atom. The molecular weight excluding hydrogens is 551 g/mol. The second-order valence-electron chi connectivity index (χ2n) is 12.4. The molecule has 0 bridgehead atoms. The lowest BCUT2D eigenvalue weighted by Crippen LogP contribution is -2.47. The molecule has 4 atom stereocenters. The zero-order valence-electron chi connectivity index (χ0n) is 22.0. The monoisotopic (exact) mass is 586 g/mol. The van der Waals surface area contributed by atoms with Crippen LogP contribution < -0.4 is 9.64 Å². The van der Waals surface area contributed by atoms with Crippen LogP contribution in [0, 0.1) is 0 Å². The van der Waals surface area contributed by atoms with Gasteiger partial charge in [-0.3, -0.25) is 4.90 Å². The maximum Gasteiger partial charge on any atom is 0.318 e. The predicted octanol–water partition coefficient (Wildman–Crippen LogP) is 4.46. The highest BCUT2D eigenvalue weighted by molar-refractivity contribution is 9.10. The Hall–Kier alpha value is -1.81. The summed E-state index contributed by atoms with van der Waals surface area (Å²) in [7, 11) is 0. The Morgan fingerprint density at radius 2 is 2.08 bits per heavy atom. The smallest absolute Gasteiger partial charge is 0.318 e. The lowest BCUT2D eigenvalue weighted by atomic mass is 9.86. The first-order chi connectivity index (χ1) is 18.2. The number of fused-ring (bicyclic) bond motifs is 4. The molecule has 7 rings (SSSR count). The van der Waals surface area contributed by atoms with Crippen molar-refractivity contribution in [3.63, 3.8) is 0 Å². The molecular formula is C29H36BrFN4O3. The Kier molecular flexibility index (Phi) is 6.04. The summed E-state index contributed by atoms with van der Waals surface area (Å²) in [6.07, 6.45) is 5.96. The van der Waals surface area contributed by atoms with Crippen LogP contribution in [0.15, 0.2) is 22.7 Å². The van der Waals surface area contributed by atoms with Crippen LogP contribution in [0.5, 0.6) is 6.01 Å². The Bertz CT molecular complexity index is 1260. The summed E-state index contributed by atoms with van der Waals surface area (Å²) < 4.78 is 28.5. The number of aryl methyl sites for hydroxylation is 1. The number of halogens is 2. The second-order valence-corrected chi connectivity index (χ2v) is 13.3. The van der Waals surface area contributed by atoms with E-state index in [9.17, 15) is 9.50 Å². The van der Waals surface area contributed by atoms with Gasteiger partial charge in [0, 0.05) is 42.5 Å². The van der Waals surface area contributed by atoms with Crippen molar-refractivity contribution in [1.82, 2.24) is 14.9 Å². The number of ether oxygens (including phenoxy) is 2. The largest absolute Gasteiger partial charge is 0.461 e. The van der Waals surface area contributed by atoms with Crippen molar-refractivity contribution >= 4 is 21.7 Å². The molecule has 0 saturated carbocycles. The summed E-state index contributed by atoms with van der Waals surface area (Å²) in [6.45, 7) is 5.48. The van der Waals surface area contributed by atoms with Gasteiger partial charge in [-0.15, -0.1) is 0 Å². The average molecular weight is 588 g/mol. The molecule has 2 aromatic rings. The van der Waals surface area contributed by atoms with Crippen LogP contribution in [-0.2, 0) is 29.8 Å². The molecule has 1 N–H and O–H groups in total. The van der Waals surface area contributed by atoms with Crippen LogP contribution >= 0.6 is 15.9 Å². The van der Waals surface area contributed by atoms with Gasteiger partial charge in [-0.2, -0.15) is 9.97 Å². The van der Waals surface area contributed by atoms with Crippen LogP contribution in [0.2, 0.25) is 0 Å². The Balaban J connectivity index is 1.24. The number of benzene rings is 1. The first-order valence-electron chi connectivity index (χ1n) is 14.1. The van der Waals surface area contributed by atoms with E-state index in [1.54, 1.807) is 0 Å². The molecule has 1 aliphatic carbocycles. The summed E-state index contributed by atoms with van der Waals surface area (Å²) in [5.74, 6) is 0.808. The van der Waals surface area contributed by atoms with Gasteiger partial charge in [0.05, 0.1) is 29.0 Å². The van der Waals surface area contributed by atoms with Crippen LogP contribution in [0.25, 0.3) is 0 Å². The minimum absolute atomic E-state index is 0.255. The molecule has 3 fully saturated rings. The van der Waals surface area contributed by atoms with Crippen molar-refractivity contribution in [2.24, 2.45) is 0 Å². The van der Waals surface area contributed by atoms with E-state index in [1.807, 2.05) is 6.92 Å². The van der Waals surface area contributed by atoms with E-state index in [0.29, 0.717) is 45.2 Å². The van der Waals surface area contributed by atoms with Gasteiger partial charge >= 0.3 is 6.01 Å².